The molecule has 0 atom stereocenters. The van der Waals surface area contributed by atoms with Crippen molar-refractivity contribution in [1.82, 2.24) is 9.71 Å². The van der Waals surface area contributed by atoms with Gasteiger partial charge in [0.05, 0.1) is 21.7 Å². The van der Waals surface area contributed by atoms with Crippen LogP contribution >= 0.6 is 11.3 Å². The fraction of sp³-hybridized carbons (Fsp3) is 0.176. The molecule has 2 aromatic carbocycles. The van der Waals surface area contributed by atoms with Gasteiger partial charge in [0.2, 0.25) is 10.0 Å². The molecule has 0 radical (unpaired) electrons. The van der Waals surface area contributed by atoms with Crippen molar-refractivity contribution in [3.05, 3.63) is 59.1 Å². The van der Waals surface area contributed by atoms with Crippen LogP contribution < -0.4 is 4.72 Å². The summed E-state index contributed by atoms with van der Waals surface area (Å²) >= 11 is 1.45. The Morgan fingerprint density at radius 1 is 1.12 bits per heavy atom. The lowest BCUT2D eigenvalue weighted by molar-refractivity contribution is -0.136. The number of nitrogens with zero attached hydrogens (tertiary/aromatic N) is 1. The average molecular weight is 376 g/mol. The van der Waals surface area contributed by atoms with Gasteiger partial charge in [0, 0.05) is 6.42 Å². The van der Waals surface area contributed by atoms with Crippen LogP contribution in [0.3, 0.4) is 0 Å². The number of nitrogens with one attached hydrogen (secondary N) is 1. The maximum atomic E-state index is 12.4. The molecule has 3 aromatic rings. The Bertz CT molecular complexity index is 962. The predicted octanol–water partition coefficient (Wildman–Crippen LogP) is 2.79. The summed E-state index contributed by atoms with van der Waals surface area (Å²) in [6, 6.07) is 13.9. The molecule has 0 aliphatic carbocycles. The zero-order valence-corrected chi connectivity index (χ0v) is 14.8. The van der Waals surface area contributed by atoms with Crippen molar-refractivity contribution in [1.29, 1.82) is 0 Å². The fourth-order valence-corrected chi connectivity index (χ4v) is 4.31. The number of carboxylic acids is 1. The standard InChI is InChI=1S/C17H16N2O4S2/c20-17(21)10-7-12-5-8-13(9-6-12)25(22,23)18-11-16-19-14-3-1-2-4-15(14)24-16/h1-6,8-9,18H,7,10-11H2,(H,20,21). The fourth-order valence-electron chi connectivity index (χ4n) is 2.32. The second kappa shape index (κ2) is 7.30. The minimum Gasteiger partial charge on any atom is -0.481 e. The highest BCUT2D eigenvalue weighted by molar-refractivity contribution is 7.89. The number of aryl methyl sites for hydroxylation is 1. The summed E-state index contributed by atoms with van der Waals surface area (Å²) in [4.78, 5) is 15.1. The second-order valence-electron chi connectivity index (χ2n) is 5.44. The van der Waals surface area contributed by atoms with Crippen LogP contribution in [0.1, 0.15) is 17.0 Å². The van der Waals surface area contributed by atoms with Gasteiger partial charge in [-0.2, -0.15) is 0 Å². The molecule has 130 valence electrons. The molecule has 6 nitrogen and oxygen atoms in total. The number of carboxylic acid groups (broad SMARTS) is 1. The van der Waals surface area contributed by atoms with Crippen LogP contribution in [0.2, 0.25) is 0 Å². The quantitative estimate of drug-likeness (QED) is 0.661. The van der Waals surface area contributed by atoms with E-state index >= 15 is 0 Å². The summed E-state index contributed by atoms with van der Waals surface area (Å²) in [6.45, 7) is 0.127. The van der Waals surface area contributed by atoms with E-state index in [1.165, 1.54) is 23.5 Å². The van der Waals surface area contributed by atoms with Gasteiger partial charge in [0.15, 0.2) is 0 Å². The van der Waals surface area contributed by atoms with Gasteiger partial charge in [-0.25, -0.2) is 18.1 Å². The molecule has 0 saturated carbocycles. The third kappa shape index (κ3) is 4.41. The third-order valence-electron chi connectivity index (χ3n) is 3.61. The van der Waals surface area contributed by atoms with Crippen molar-refractivity contribution in [2.24, 2.45) is 0 Å². The van der Waals surface area contributed by atoms with Crippen molar-refractivity contribution in [2.45, 2.75) is 24.3 Å². The number of para-hydroxylation sites is 1. The SMILES string of the molecule is O=C(O)CCc1ccc(S(=O)(=O)NCc2nc3ccccc3s2)cc1. The molecule has 0 bridgehead atoms. The maximum absolute atomic E-state index is 12.4. The van der Waals surface area contributed by atoms with E-state index in [4.69, 9.17) is 5.11 Å². The minimum atomic E-state index is -3.64. The van der Waals surface area contributed by atoms with E-state index in [0.29, 0.717) is 11.4 Å². The number of hydrogen-bond acceptors (Lipinski definition) is 5. The molecule has 3 rings (SSSR count). The normalized spacial score (nSPS) is 11.7. The van der Waals surface area contributed by atoms with E-state index in [-0.39, 0.29) is 17.9 Å². The molecule has 0 fully saturated rings. The molecule has 1 aromatic heterocycles. The van der Waals surface area contributed by atoms with Gasteiger partial charge in [-0.05, 0) is 36.2 Å². The Hall–Kier alpha value is -2.29. The smallest absolute Gasteiger partial charge is 0.303 e. The number of aromatic nitrogens is 1. The Balaban J connectivity index is 1.67. The molecule has 8 heteroatoms. The first-order valence-electron chi connectivity index (χ1n) is 7.59. The third-order valence-corrected chi connectivity index (χ3v) is 6.07. The van der Waals surface area contributed by atoms with E-state index in [1.54, 1.807) is 12.1 Å². The highest BCUT2D eigenvalue weighted by Crippen LogP contribution is 2.22. The maximum Gasteiger partial charge on any atom is 0.303 e. The first-order valence-corrected chi connectivity index (χ1v) is 9.89. The molecule has 0 spiro atoms. The Morgan fingerprint density at radius 3 is 2.52 bits per heavy atom. The van der Waals surface area contributed by atoms with Gasteiger partial charge in [0.1, 0.15) is 5.01 Å². The lowest BCUT2D eigenvalue weighted by Gasteiger charge is -2.06. The van der Waals surface area contributed by atoms with Crippen LogP contribution in [-0.4, -0.2) is 24.5 Å². The molecule has 0 aliphatic rings. The first kappa shape index (κ1) is 17.5. The molecule has 2 N–H and O–H groups in total. The number of rotatable bonds is 7. The predicted molar refractivity (Wildman–Crippen MR) is 96.0 cm³/mol. The van der Waals surface area contributed by atoms with Crippen LogP contribution in [0.15, 0.2) is 53.4 Å². The van der Waals surface area contributed by atoms with Crippen molar-refractivity contribution < 1.29 is 18.3 Å². The van der Waals surface area contributed by atoms with Crippen LogP contribution in [-0.2, 0) is 27.8 Å². The number of thiazole rings is 1. The van der Waals surface area contributed by atoms with E-state index < -0.39 is 16.0 Å². The van der Waals surface area contributed by atoms with E-state index in [1.807, 2.05) is 24.3 Å². The molecule has 0 aliphatic heterocycles. The van der Waals surface area contributed by atoms with Gasteiger partial charge in [-0.15, -0.1) is 11.3 Å². The monoisotopic (exact) mass is 376 g/mol. The van der Waals surface area contributed by atoms with Crippen molar-refractivity contribution >= 4 is 37.5 Å². The molecule has 0 saturated heterocycles. The first-order chi connectivity index (χ1) is 11.9. The highest BCUT2D eigenvalue weighted by atomic mass is 32.2. The lowest BCUT2D eigenvalue weighted by Crippen LogP contribution is -2.23. The number of hydrogen-bond donors (Lipinski definition) is 2. The number of fused-ring (bicyclic) bond motifs is 1. The average Bonchev–Trinajstić information content (AvgIpc) is 3.02. The van der Waals surface area contributed by atoms with Gasteiger partial charge >= 0.3 is 5.97 Å². The van der Waals surface area contributed by atoms with Gasteiger partial charge in [-0.3, -0.25) is 4.79 Å². The molecule has 0 unspecified atom stereocenters. The van der Waals surface area contributed by atoms with Crippen LogP contribution in [0.4, 0.5) is 0 Å². The number of aliphatic carboxylic acids is 1. The van der Waals surface area contributed by atoms with Crippen LogP contribution in [0, 0.1) is 0 Å². The summed E-state index contributed by atoms with van der Waals surface area (Å²) in [5, 5.41) is 9.38. The van der Waals surface area contributed by atoms with E-state index in [2.05, 4.69) is 9.71 Å². The van der Waals surface area contributed by atoms with Gasteiger partial charge in [0.25, 0.3) is 0 Å². The molecule has 25 heavy (non-hydrogen) atoms. The van der Waals surface area contributed by atoms with Crippen molar-refractivity contribution in [3.63, 3.8) is 0 Å². The zero-order chi connectivity index (χ0) is 17.9. The zero-order valence-electron chi connectivity index (χ0n) is 13.2. The molecular formula is C17H16N2O4S2. The largest absolute Gasteiger partial charge is 0.481 e. The summed E-state index contributed by atoms with van der Waals surface area (Å²) in [5.41, 5.74) is 1.64. The highest BCUT2D eigenvalue weighted by Gasteiger charge is 2.15. The Morgan fingerprint density at radius 2 is 1.84 bits per heavy atom. The number of carbonyl (C=O) groups is 1. The number of sulfonamides is 1. The summed E-state index contributed by atoms with van der Waals surface area (Å²) in [7, 11) is -3.64. The second-order valence-corrected chi connectivity index (χ2v) is 8.32. The van der Waals surface area contributed by atoms with Crippen LogP contribution in [0.25, 0.3) is 10.2 Å². The summed E-state index contributed by atoms with van der Waals surface area (Å²) in [6.07, 6.45) is 0.386. The number of benzene rings is 2. The summed E-state index contributed by atoms with van der Waals surface area (Å²) < 4.78 is 28.3. The molecule has 1 heterocycles. The molecular weight excluding hydrogens is 360 g/mol. The topological polar surface area (TPSA) is 96.4 Å². The summed E-state index contributed by atoms with van der Waals surface area (Å²) in [5.74, 6) is -0.880. The van der Waals surface area contributed by atoms with E-state index in [0.717, 1.165) is 15.8 Å². The van der Waals surface area contributed by atoms with Crippen LogP contribution in [0.5, 0.6) is 0 Å². The van der Waals surface area contributed by atoms with Gasteiger partial charge in [-0.1, -0.05) is 24.3 Å². The van der Waals surface area contributed by atoms with E-state index in [9.17, 15) is 13.2 Å². The lowest BCUT2D eigenvalue weighted by atomic mass is 10.1. The van der Waals surface area contributed by atoms with Crippen molar-refractivity contribution in [2.75, 3.05) is 0 Å². The minimum absolute atomic E-state index is 0.0158. The molecule has 0 amide bonds. The van der Waals surface area contributed by atoms with Gasteiger partial charge < -0.3 is 5.11 Å². The Labute approximate surface area is 149 Å². The van der Waals surface area contributed by atoms with Crippen molar-refractivity contribution in [3.8, 4) is 0 Å². The Kier molecular flexibility index (Phi) is 5.12.